The lowest BCUT2D eigenvalue weighted by Crippen LogP contribution is -2.21. The smallest absolute Gasteiger partial charge is 0.0514 e. The van der Waals surface area contributed by atoms with Crippen LogP contribution in [-0.4, -0.2) is 0 Å². The number of rotatable bonds is 6. The van der Waals surface area contributed by atoms with Crippen LogP contribution < -0.4 is 9.80 Å². The van der Waals surface area contributed by atoms with E-state index >= 15 is 0 Å². The van der Waals surface area contributed by atoms with Crippen molar-refractivity contribution < 1.29 is 0 Å². The van der Waals surface area contributed by atoms with Gasteiger partial charge in [-0.1, -0.05) is 132 Å². The fourth-order valence-electron chi connectivity index (χ4n) is 6.51. The molecule has 0 aliphatic carbocycles. The van der Waals surface area contributed by atoms with Gasteiger partial charge in [0.25, 0.3) is 0 Å². The van der Waals surface area contributed by atoms with Gasteiger partial charge in [0.05, 0.1) is 11.4 Å². The molecule has 2 nitrogen and oxygen atoms in total. The van der Waals surface area contributed by atoms with Gasteiger partial charge in [-0.25, -0.2) is 0 Å². The molecule has 262 valence electrons. The zero-order valence-corrected chi connectivity index (χ0v) is 33.3. The zero-order chi connectivity index (χ0) is 36.8. The molecule has 0 aliphatic rings. The lowest BCUT2D eigenvalue weighted by Gasteiger charge is -2.35. The minimum atomic E-state index is -0.00187. The van der Waals surface area contributed by atoms with E-state index in [4.69, 9.17) is 0 Å². The van der Waals surface area contributed by atoms with Gasteiger partial charge in [0, 0.05) is 22.7 Å². The molecule has 0 saturated carbocycles. The summed E-state index contributed by atoms with van der Waals surface area (Å²) in [7, 11) is 0. The van der Waals surface area contributed by atoms with Crippen LogP contribution in [0.3, 0.4) is 0 Å². The molecule has 0 spiro atoms. The third-order valence-electron chi connectivity index (χ3n) is 9.82. The minimum Gasteiger partial charge on any atom is -0.310 e. The number of anilines is 6. The van der Waals surface area contributed by atoms with E-state index in [0.717, 1.165) is 11.4 Å². The highest BCUT2D eigenvalue weighted by molar-refractivity contribution is 5.87. The summed E-state index contributed by atoms with van der Waals surface area (Å²) in [5.74, 6) is 0. The minimum absolute atomic E-state index is 0.00187. The third kappa shape index (κ3) is 8.02. The Bertz CT molecular complexity index is 1730. The highest BCUT2D eigenvalue weighted by Crippen LogP contribution is 2.47. The topological polar surface area (TPSA) is 6.48 Å². The maximum absolute atomic E-state index is 2.48. The summed E-state index contributed by atoms with van der Waals surface area (Å²) in [6.45, 7) is 32.3. The highest BCUT2D eigenvalue weighted by atomic mass is 15.2. The molecule has 0 atom stereocenters. The molecule has 0 N–H and O–H groups in total. The van der Waals surface area contributed by atoms with E-state index in [1.165, 1.54) is 56.1 Å². The molecule has 0 bridgehead atoms. The fourth-order valence-corrected chi connectivity index (χ4v) is 6.51. The van der Waals surface area contributed by atoms with E-state index in [1.807, 2.05) is 0 Å². The van der Waals surface area contributed by atoms with Crippen molar-refractivity contribution in [2.75, 3.05) is 9.80 Å². The summed E-state index contributed by atoms with van der Waals surface area (Å²) in [6.07, 6.45) is 0. The van der Waals surface area contributed by atoms with E-state index in [0.29, 0.717) is 0 Å². The second-order valence-electron chi connectivity index (χ2n) is 18.3. The molecule has 0 radical (unpaired) electrons. The van der Waals surface area contributed by atoms with Crippen LogP contribution in [0.5, 0.6) is 0 Å². The predicted octanol–water partition coefficient (Wildman–Crippen LogP) is 14.4. The summed E-state index contributed by atoms with van der Waals surface area (Å²) >= 11 is 0. The fraction of sp³-hybridized carbons (Fsp3) is 0.375. The van der Waals surface area contributed by atoms with Crippen molar-refractivity contribution in [3.8, 4) is 0 Å². The summed E-state index contributed by atoms with van der Waals surface area (Å²) in [5, 5.41) is 0. The molecule has 0 fully saturated rings. The van der Waals surface area contributed by atoms with E-state index in [1.54, 1.807) is 0 Å². The number of para-hydroxylation sites is 2. The molecular formula is C48H60N2. The number of benzene rings is 5. The molecule has 2 heteroatoms. The van der Waals surface area contributed by atoms with Crippen LogP contribution in [0, 0.1) is 13.8 Å². The number of nitrogens with zero attached hydrogens (tertiary/aromatic N) is 2. The number of hydrogen-bond acceptors (Lipinski definition) is 2. The first-order chi connectivity index (χ1) is 23.1. The van der Waals surface area contributed by atoms with Crippen molar-refractivity contribution in [3.63, 3.8) is 0 Å². The largest absolute Gasteiger partial charge is 0.310 e. The highest BCUT2D eigenvalue weighted by Gasteiger charge is 2.28. The SMILES string of the molecule is Cc1cc(N(c2ccccc2)c2cc(C(C)(C)C)cc(C(C)(C)C)c2)c(C)c(N(c2ccccc2)c2cc(C(C)(C)C)cc(C(C)(C)C)c2)c1. The van der Waals surface area contributed by atoms with Gasteiger partial charge in [0.1, 0.15) is 0 Å². The average Bonchev–Trinajstić information content (AvgIpc) is 3.02. The Morgan fingerprint density at radius 2 is 0.620 bits per heavy atom. The molecule has 0 saturated heterocycles. The molecule has 0 aliphatic heterocycles. The Balaban J connectivity index is 1.86. The molecule has 50 heavy (non-hydrogen) atoms. The van der Waals surface area contributed by atoms with Gasteiger partial charge in [-0.3, -0.25) is 0 Å². The summed E-state index contributed by atoms with van der Waals surface area (Å²) < 4.78 is 0. The Labute approximate surface area is 304 Å². The van der Waals surface area contributed by atoms with Gasteiger partial charge in [-0.05, 0) is 130 Å². The third-order valence-corrected chi connectivity index (χ3v) is 9.82. The Kier molecular flexibility index (Phi) is 9.94. The standard InChI is InChI=1S/C48H60N2/c1-33-25-43(49(39-21-17-15-18-22-39)41-29-35(45(3,4)5)27-36(30-41)46(6,7)8)34(2)44(26-33)50(40-23-19-16-20-24-40)42-31-37(47(9,10)11)28-38(32-42)48(12,13)14/h15-32H,1-14H3. The summed E-state index contributed by atoms with van der Waals surface area (Å²) in [5.41, 5.74) is 14.8. The van der Waals surface area contributed by atoms with Crippen molar-refractivity contribution in [1.82, 2.24) is 0 Å². The molecule has 5 rings (SSSR count). The Morgan fingerprint density at radius 3 is 0.880 bits per heavy atom. The van der Waals surface area contributed by atoms with Crippen LogP contribution in [0.15, 0.2) is 109 Å². The molecule has 0 heterocycles. The van der Waals surface area contributed by atoms with Crippen molar-refractivity contribution in [2.24, 2.45) is 0 Å². The van der Waals surface area contributed by atoms with Crippen molar-refractivity contribution in [2.45, 2.75) is 119 Å². The van der Waals surface area contributed by atoms with E-state index in [-0.39, 0.29) is 21.7 Å². The van der Waals surface area contributed by atoms with Crippen LogP contribution in [0.25, 0.3) is 0 Å². The van der Waals surface area contributed by atoms with Crippen molar-refractivity contribution in [1.29, 1.82) is 0 Å². The molecule has 5 aromatic rings. The molecule has 0 aromatic heterocycles. The summed E-state index contributed by atoms with van der Waals surface area (Å²) in [6, 6.07) is 40.9. The Hall–Kier alpha value is -4.30. The second kappa shape index (κ2) is 13.4. The molecule has 5 aromatic carbocycles. The van der Waals surface area contributed by atoms with Gasteiger partial charge in [-0.2, -0.15) is 0 Å². The lowest BCUT2D eigenvalue weighted by atomic mass is 9.80. The van der Waals surface area contributed by atoms with Crippen LogP contribution in [0.1, 0.15) is 116 Å². The first-order valence-corrected chi connectivity index (χ1v) is 18.3. The average molecular weight is 665 g/mol. The van der Waals surface area contributed by atoms with Gasteiger partial charge in [0.15, 0.2) is 0 Å². The van der Waals surface area contributed by atoms with Gasteiger partial charge >= 0.3 is 0 Å². The normalized spacial score (nSPS) is 12.6. The van der Waals surface area contributed by atoms with E-state index < -0.39 is 0 Å². The van der Waals surface area contributed by atoms with Gasteiger partial charge in [0.2, 0.25) is 0 Å². The molecular weight excluding hydrogens is 605 g/mol. The first-order valence-electron chi connectivity index (χ1n) is 18.3. The zero-order valence-electron chi connectivity index (χ0n) is 33.3. The van der Waals surface area contributed by atoms with Gasteiger partial charge in [-0.15, -0.1) is 0 Å². The van der Waals surface area contributed by atoms with E-state index in [2.05, 4.69) is 216 Å². The van der Waals surface area contributed by atoms with E-state index in [9.17, 15) is 0 Å². The van der Waals surface area contributed by atoms with Crippen molar-refractivity contribution >= 4 is 34.1 Å². The monoisotopic (exact) mass is 664 g/mol. The maximum atomic E-state index is 2.48. The van der Waals surface area contributed by atoms with Crippen LogP contribution in [-0.2, 0) is 21.7 Å². The predicted molar refractivity (Wildman–Crippen MR) is 220 cm³/mol. The quantitative estimate of drug-likeness (QED) is 0.178. The lowest BCUT2D eigenvalue weighted by molar-refractivity contribution is 0.568. The number of aryl methyl sites for hydroxylation is 1. The second-order valence-corrected chi connectivity index (χ2v) is 18.3. The van der Waals surface area contributed by atoms with Crippen LogP contribution >= 0.6 is 0 Å². The van der Waals surface area contributed by atoms with Gasteiger partial charge < -0.3 is 9.80 Å². The Morgan fingerprint density at radius 1 is 0.340 bits per heavy atom. The van der Waals surface area contributed by atoms with Crippen molar-refractivity contribution in [3.05, 3.63) is 143 Å². The first kappa shape index (κ1) is 37.0. The van der Waals surface area contributed by atoms with Crippen LogP contribution in [0.4, 0.5) is 34.1 Å². The molecule has 0 unspecified atom stereocenters. The van der Waals surface area contributed by atoms with Crippen LogP contribution in [0.2, 0.25) is 0 Å². The summed E-state index contributed by atoms with van der Waals surface area (Å²) in [4.78, 5) is 4.96. The number of hydrogen-bond donors (Lipinski definition) is 0. The maximum Gasteiger partial charge on any atom is 0.0514 e. The molecule has 0 amide bonds.